The number of hydrogen-bond acceptors (Lipinski definition) is 3. The van der Waals surface area contributed by atoms with E-state index in [9.17, 15) is 4.79 Å². The first kappa shape index (κ1) is 16.5. The van der Waals surface area contributed by atoms with Gasteiger partial charge in [-0.2, -0.15) is 0 Å². The smallest absolute Gasteiger partial charge is 0.274 e. The molecule has 1 fully saturated rings. The van der Waals surface area contributed by atoms with Crippen molar-refractivity contribution in [1.82, 2.24) is 4.98 Å². The van der Waals surface area contributed by atoms with Gasteiger partial charge >= 0.3 is 0 Å². The number of rotatable bonds is 3. The number of aryl methyl sites for hydroxylation is 2. The van der Waals surface area contributed by atoms with Crippen LogP contribution in [0.2, 0.25) is 0 Å². The number of nitrogens with zero attached hydrogens (tertiary/aromatic N) is 2. The van der Waals surface area contributed by atoms with Crippen LogP contribution in [0.1, 0.15) is 47.3 Å². The van der Waals surface area contributed by atoms with Crippen LogP contribution in [0.15, 0.2) is 36.5 Å². The second-order valence-electron chi connectivity index (χ2n) is 6.52. The van der Waals surface area contributed by atoms with Crippen LogP contribution < -0.4 is 10.2 Å². The minimum atomic E-state index is -0.149. The molecule has 2 aromatic rings. The minimum Gasteiger partial charge on any atom is -0.371 e. The van der Waals surface area contributed by atoms with Crippen molar-refractivity contribution in [3.05, 3.63) is 53.3 Å². The first-order chi connectivity index (χ1) is 11.6. The van der Waals surface area contributed by atoms with E-state index < -0.39 is 0 Å². The third-order valence-electron chi connectivity index (χ3n) is 4.67. The highest BCUT2D eigenvalue weighted by Gasteiger charge is 2.14. The molecule has 0 saturated carbocycles. The summed E-state index contributed by atoms with van der Waals surface area (Å²) in [5.74, 6) is -0.149. The quantitative estimate of drug-likeness (QED) is 0.914. The predicted molar refractivity (Wildman–Crippen MR) is 98.8 cm³/mol. The number of aromatic nitrogens is 1. The highest BCUT2D eigenvalue weighted by Crippen LogP contribution is 2.22. The molecule has 0 spiro atoms. The van der Waals surface area contributed by atoms with Crippen LogP contribution in [0.4, 0.5) is 11.4 Å². The lowest BCUT2D eigenvalue weighted by Crippen LogP contribution is -2.24. The van der Waals surface area contributed by atoms with Gasteiger partial charge in [0.15, 0.2) is 0 Å². The summed E-state index contributed by atoms with van der Waals surface area (Å²) < 4.78 is 0. The Bertz CT molecular complexity index is 698. The molecule has 4 heteroatoms. The van der Waals surface area contributed by atoms with Gasteiger partial charge in [-0.3, -0.25) is 9.78 Å². The lowest BCUT2D eigenvalue weighted by Gasteiger charge is -2.22. The van der Waals surface area contributed by atoms with Crippen molar-refractivity contribution in [1.29, 1.82) is 0 Å². The second kappa shape index (κ2) is 7.47. The summed E-state index contributed by atoms with van der Waals surface area (Å²) in [6.45, 7) is 6.12. The van der Waals surface area contributed by atoms with Crippen molar-refractivity contribution in [2.45, 2.75) is 39.5 Å². The van der Waals surface area contributed by atoms with Crippen molar-refractivity contribution in [2.24, 2.45) is 0 Å². The maximum absolute atomic E-state index is 12.6. The number of nitrogens with one attached hydrogen (secondary N) is 1. The fraction of sp³-hybridized carbons (Fsp3) is 0.400. The summed E-state index contributed by atoms with van der Waals surface area (Å²) in [5.41, 5.74) is 4.57. The Morgan fingerprint density at radius 3 is 2.38 bits per heavy atom. The van der Waals surface area contributed by atoms with E-state index in [1.807, 2.05) is 44.2 Å². The first-order valence-corrected chi connectivity index (χ1v) is 8.74. The molecule has 1 aliphatic heterocycles. The zero-order valence-electron chi connectivity index (χ0n) is 14.5. The first-order valence-electron chi connectivity index (χ1n) is 8.74. The van der Waals surface area contributed by atoms with E-state index in [0.29, 0.717) is 5.69 Å². The molecule has 0 aliphatic carbocycles. The van der Waals surface area contributed by atoms with E-state index >= 15 is 0 Å². The number of pyridine rings is 1. The SMILES string of the molecule is Cc1cccc(C)c1NC(=O)c1cc(N2CCCCCC2)ccn1. The number of anilines is 2. The Morgan fingerprint density at radius 2 is 1.71 bits per heavy atom. The molecule has 0 unspecified atom stereocenters. The molecule has 1 aromatic carbocycles. The average molecular weight is 323 g/mol. The Morgan fingerprint density at radius 1 is 1.04 bits per heavy atom. The van der Waals surface area contributed by atoms with Crippen LogP contribution in [0, 0.1) is 13.8 Å². The normalized spacial score (nSPS) is 15.0. The molecule has 1 amide bonds. The van der Waals surface area contributed by atoms with Crippen LogP contribution >= 0.6 is 0 Å². The van der Waals surface area contributed by atoms with E-state index in [1.165, 1.54) is 25.7 Å². The highest BCUT2D eigenvalue weighted by molar-refractivity contribution is 6.04. The molecule has 126 valence electrons. The van der Waals surface area contributed by atoms with E-state index in [2.05, 4.69) is 15.2 Å². The average Bonchev–Trinajstić information content (AvgIpc) is 2.87. The van der Waals surface area contributed by atoms with Gasteiger partial charge < -0.3 is 10.2 Å². The molecular formula is C20H25N3O. The number of carbonyl (C=O) groups excluding carboxylic acids is 1. The Kier molecular flexibility index (Phi) is 5.14. The van der Waals surface area contributed by atoms with E-state index in [0.717, 1.165) is 35.6 Å². The minimum absolute atomic E-state index is 0.149. The number of carbonyl (C=O) groups is 1. The van der Waals surface area contributed by atoms with Gasteiger partial charge in [-0.25, -0.2) is 0 Å². The standard InChI is InChI=1S/C20H25N3O/c1-15-8-7-9-16(2)19(15)22-20(24)18-14-17(10-11-21-18)23-12-5-3-4-6-13-23/h7-11,14H,3-6,12-13H2,1-2H3,(H,22,24). The monoisotopic (exact) mass is 323 g/mol. The zero-order chi connectivity index (χ0) is 16.9. The summed E-state index contributed by atoms with van der Waals surface area (Å²) in [5, 5.41) is 3.02. The van der Waals surface area contributed by atoms with Crippen molar-refractivity contribution >= 4 is 17.3 Å². The largest absolute Gasteiger partial charge is 0.371 e. The predicted octanol–water partition coefficient (Wildman–Crippen LogP) is 4.33. The molecule has 1 N–H and O–H groups in total. The third kappa shape index (κ3) is 3.75. The van der Waals surface area contributed by atoms with Crippen molar-refractivity contribution in [2.75, 3.05) is 23.3 Å². The number of amides is 1. The molecule has 1 saturated heterocycles. The molecule has 0 bridgehead atoms. The molecule has 1 aromatic heterocycles. The van der Waals surface area contributed by atoms with Crippen LogP contribution in [0.5, 0.6) is 0 Å². The molecule has 0 radical (unpaired) electrons. The van der Waals surface area contributed by atoms with Crippen LogP contribution in [0.25, 0.3) is 0 Å². The van der Waals surface area contributed by atoms with Crippen LogP contribution in [-0.4, -0.2) is 24.0 Å². The fourth-order valence-electron chi connectivity index (χ4n) is 3.26. The Hall–Kier alpha value is -2.36. The van der Waals surface area contributed by atoms with Gasteiger partial charge in [0, 0.05) is 30.7 Å². The van der Waals surface area contributed by atoms with Crippen molar-refractivity contribution in [3.63, 3.8) is 0 Å². The summed E-state index contributed by atoms with van der Waals surface area (Å²) in [6, 6.07) is 9.92. The van der Waals surface area contributed by atoms with E-state index in [-0.39, 0.29) is 5.91 Å². The maximum Gasteiger partial charge on any atom is 0.274 e. The van der Waals surface area contributed by atoms with Gasteiger partial charge in [-0.05, 0) is 49.9 Å². The van der Waals surface area contributed by atoms with Gasteiger partial charge in [0.05, 0.1) is 0 Å². The number of para-hydroxylation sites is 1. The van der Waals surface area contributed by atoms with Gasteiger partial charge in [0.2, 0.25) is 0 Å². The molecule has 0 atom stereocenters. The number of benzene rings is 1. The van der Waals surface area contributed by atoms with Crippen LogP contribution in [-0.2, 0) is 0 Å². The van der Waals surface area contributed by atoms with Crippen molar-refractivity contribution < 1.29 is 4.79 Å². The Labute approximate surface area is 143 Å². The van der Waals surface area contributed by atoms with Gasteiger partial charge in [-0.1, -0.05) is 31.0 Å². The Balaban J connectivity index is 1.79. The van der Waals surface area contributed by atoms with E-state index in [4.69, 9.17) is 0 Å². The zero-order valence-corrected chi connectivity index (χ0v) is 14.5. The molecule has 3 rings (SSSR count). The van der Waals surface area contributed by atoms with Gasteiger partial charge in [0.1, 0.15) is 5.69 Å². The summed E-state index contributed by atoms with van der Waals surface area (Å²) in [7, 11) is 0. The molecule has 1 aliphatic rings. The molecule has 4 nitrogen and oxygen atoms in total. The number of hydrogen-bond donors (Lipinski definition) is 1. The topological polar surface area (TPSA) is 45.2 Å². The molecular weight excluding hydrogens is 298 g/mol. The molecule has 2 heterocycles. The lowest BCUT2D eigenvalue weighted by atomic mass is 10.1. The summed E-state index contributed by atoms with van der Waals surface area (Å²) in [6.07, 6.45) is 6.75. The maximum atomic E-state index is 12.6. The lowest BCUT2D eigenvalue weighted by molar-refractivity contribution is 0.102. The van der Waals surface area contributed by atoms with Gasteiger partial charge in [-0.15, -0.1) is 0 Å². The van der Waals surface area contributed by atoms with E-state index in [1.54, 1.807) is 6.20 Å². The van der Waals surface area contributed by atoms with Crippen LogP contribution in [0.3, 0.4) is 0 Å². The fourth-order valence-corrected chi connectivity index (χ4v) is 3.26. The summed E-state index contributed by atoms with van der Waals surface area (Å²) >= 11 is 0. The summed E-state index contributed by atoms with van der Waals surface area (Å²) in [4.78, 5) is 19.3. The highest BCUT2D eigenvalue weighted by atomic mass is 16.1. The van der Waals surface area contributed by atoms with Gasteiger partial charge in [0.25, 0.3) is 5.91 Å². The molecule has 24 heavy (non-hydrogen) atoms. The van der Waals surface area contributed by atoms with Crippen molar-refractivity contribution in [3.8, 4) is 0 Å². The second-order valence-corrected chi connectivity index (χ2v) is 6.52. The third-order valence-corrected chi connectivity index (χ3v) is 4.67.